The summed E-state index contributed by atoms with van der Waals surface area (Å²) in [6, 6.07) is 1.84. The summed E-state index contributed by atoms with van der Waals surface area (Å²) in [5.41, 5.74) is 6.05. The van der Waals surface area contributed by atoms with Crippen LogP contribution in [-0.4, -0.2) is 42.1 Å². The van der Waals surface area contributed by atoms with Gasteiger partial charge < -0.3 is 16.0 Å². The van der Waals surface area contributed by atoms with Gasteiger partial charge >= 0.3 is 0 Å². The third-order valence-electron chi connectivity index (χ3n) is 4.82. The van der Waals surface area contributed by atoms with E-state index in [4.69, 9.17) is 5.73 Å². The van der Waals surface area contributed by atoms with E-state index in [1.54, 1.807) is 0 Å². The van der Waals surface area contributed by atoms with Crippen LogP contribution in [0.3, 0.4) is 0 Å². The fraction of sp³-hybridized carbons (Fsp3) is 0.929. The average Bonchev–Trinajstić information content (AvgIpc) is 2.98. The molecule has 0 amide bonds. The maximum absolute atomic E-state index is 6.05. The number of hydrogen-bond donors (Lipinski definition) is 2. The first-order chi connectivity index (χ1) is 8.81. The van der Waals surface area contributed by atoms with Gasteiger partial charge in [0.2, 0.25) is 0 Å². The van der Waals surface area contributed by atoms with Gasteiger partial charge in [0.15, 0.2) is 5.96 Å². The molecule has 0 bridgehead atoms. The van der Waals surface area contributed by atoms with Crippen LogP contribution < -0.4 is 11.1 Å². The maximum Gasteiger partial charge on any atom is 0.189 e. The average molecular weight is 250 g/mol. The van der Waals surface area contributed by atoms with Crippen molar-refractivity contribution in [1.29, 1.82) is 0 Å². The van der Waals surface area contributed by atoms with E-state index in [9.17, 15) is 0 Å². The number of aliphatic imine (C=N–C) groups is 1. The van der Waals surface area contributed by atoms with Crippen molar-refractivity contribution in [2.75, 3.05) is 13.1 Å². The quantitative estimate of drug-likeness (QED) is 0.576. The molecule has 0 aromatic carbocycles. The third-order valence-corrected chi connectivity index (χ3v) is 4.82. The zero-order valence-corrected chi connectivity index (χ0v) is 11.3. The van der Waals surface area contributed by atoms with Gasteiger partial charge in [0.25, 0.3) is 0 Å². The van der Waals surface area contributed by atoms with Crippen molar-refractivity contribution in [2.24, 2.45) is 10.7 Å². The number of fused-ring (bicyclic) bond motifs is 1. The Morgan fingerprint density at radius 2 is 1.89 bits per heavy atom. The molecule has 2 saturated heterocycles. The molecule has 2 atom stereocenters. The molecule has 3 fully saturated rings. The fourth-order valence-electron chi connectivity index (χ4n) is 3.83. The Morgan fingerprint density at radius 1 is 1.06 bits per heavy atom. The SMILES string of the molecule is NC(=NC1CCCC1)NC1CCN2CCCC2C1. The van der Waals surface area contributed by atoms with Crippen molar-refractivity contribution in [2.45, 2.75) is 69.5 Å². The van der Waals surface area contributed by atoms with Gasteiger partial charge in [0.05, 0.1) is 6.04 Å². The maximum atomic E-state index is 6.05. The van der Waals surface area contributed by atoms with Crippen molar-refractivity contribution in [1.82, 2.24) is 10.2 Å². The molecule has 2 heterocycles. The molecular formula is C14H26N4. The number of guanidine groups is 1. The lowest BCUT2D eigenvalue weighted by molar-refractivity contribution is 0.175. The zero-order chi connectivity index (χ0) is 12.4. The van der Waals surface area contributed by atoms with Gasteiger partial charge in [0, 0.05) is 18.6 Å². The van der Waals surface area contributed by atoms with E-state index in [-0.39, 0.29) is 0 Å². The Bertz CT molecular complexity index is 309. The first-order valence-corrected chi connectivity index (χ1v) is 7.65. The molecule has 2 unspecified atom stereocenters. The molecule has 0 aromatic rings. The fourth-order valence-corrected chi connectivity index (χ4v) is 3.83. The van der Waals surface area contributed by atoms with Gasteiger partial charge in [-0.15, -0.1) is 0 Å². The number of piperidine rings is 1. The highest BCUT2D eigenvalue weighted by molar-refractivity contribution is 5.78. The molecule has 18 heavy (non-hydrogen) atoms. The van der Waals surface area contributed by atoms with Gasteiger partial charge in [-0.2, -0.15) is 0 Å². The van der Waals surface area contributed by atoms with Gasteiger partial charge in [-0.1, -0.05) is 12.8 Å². The number of nitrogens with two attached hydrogens (primary N) is 1. The molecular weight excluding hydrogens is 224 g/mol. The minimum atomic E-state index is 0.490. The predicted octanol–water partition coefficient (Wildman–Crippen LogP) is 1.46. The Morgan fingerprint density at radius 3 is 2.72 bits per heavy atom. The topological polar surface area (TPSA) is 53.6 Å². The lowest BCUT2D eigenvalue weighted by Crippen LogP contribution is -2.49. The molecule has 4 heteroatoms. The van der Waals surface area contributed by atoms with E-state index in [1.807, 2.05) is 0 Å². The van der Waals surface area contributed by atoms with Crippen LogP contribution in [0.15, 0.2) is 4.99 Å². The van der Waals surface area contributed by atoms with Crippen molar-refractivity contribution >= 4 is 5.96 Å². The van der Waals surface area contributed by atoms with Crippen LogP contribution in [0.25, 0.3) is 0 Å². The third kappa shape index (κ3) is 2.79. The smallest absolute Gasteiger partial charge is 0.189 e. The molecule has 3 N–H and O–H groups in total. The predicted molar refractivity (Wildman–Crippen MR) is 74.6 cm³/mol. The Labute approximate surface area is 110 Å². The first kappa shape index (κ1) is 12.3. The Balaban J connectivity index is 1.50. The lowest BCUT2D eigenvalue weighted by Gasteiger charge is -2.35. The molecule has 4 nitrogen and oxygen atoms in total. The summed E-state index contributed by atoms with van der Waals surface area (Å²) < 4.78 is 0. The van der Waals surface area contributed by atoms with E-state index < -0.39 is 0 Å². The lowest BCUT2D eigenvalue weighted by atomic mass is 9.98. The summed E-state index contributed by atoms with van der Waals surface area (Å²) in [4.78, 5) is 7.27. The number of nitrogens with zero attached hydrogens (tertiary/aromatic N) is 2. The number of hydrogen-bond acceptors (Lipinski definition) is 2. The normalized spacial score (nSPS) is 34.8. The minimum Gasteiger partial charge on any atom is -0.370 e. The molecule has 0 aromatic heterocycles. The summed E-state index contributed by atoms with van der Waals surface area (Å²) in [5, 5.41) is 3.46. The standard InChI is InChI=1S/C14H26N4/c15-14(16-11-4-1-2-5-11)17-12-7-9-18-8-3-6-13(18)10-12/h11-13H,1-10H2,(H3,15,16,17). The molecule has 1 aliphatic carbocycles. The molecule has 2 aliphatic heterocycles. The van der Waals surface area contributed by atoms with E-state index in [0.29, 0.717) is 18.0 Å². The molecule has 3 rings (SSSR count). The van der Waals surface area contributed by atoms with E-state index >= 15 is 0 Å². The number of rotatable bonds is 2. The van der Waals surface area contributed by atoms with E-state index in [0.717, 1.165) is 6.04 Å². The van der Waals surface area contributed by atoms with Gasteiger partial charge in [-0.05, 0) is 45.1 Å². The van der Waals surface area contributed by atoms with Crippen LogP contribution >= 0.6 is 0 Å². The molecule has 102 valence electrons. The van der Waals surface area contributed by atoms with Crippen LogP contribution in [0, 0.1) is 0 Å². The van der Waals surface area contributed by atoms with Crippen LogP contribution in [0.4, 0.5) is 0 Å². The summed E-state index contributed by atoms with van der Waals surface area (Å²) in [6.45, 7) is 2.54. The summed E-state index contributed by atoms with van der Waals surface area (Å²) in [7, 11) is 0. The largest absolute Gasteiger partial charge is 0.370 e. The molecule has 3 aliphatic rings. The van der Waals surface area contributed by atoms with Crippen molar-refractivity contribution in [3.05, 3.63) is 0 Å². The summed E-state index contributed by atoms with van der Waals surface area (Å²) >= 11 is 0. The van der Waals surface area contributed by atoms with Gasteiger partial charge in [0.1, 0.15) is 0 Å². The Hall–Kier alpha value is -0.770. The number of nitrogens with one attached hydrogen (secondary N) is 1. The monoisotopic (exact) mass is 250 g/mol. The molecule has 0 spiro atoms. The van der Waals surface area contributed by atoms with Crippen molar-refractivity contribution in [3.63, 3.8) is 0 Å². The highest BCUT2D eigenvalue weighted by Crippen LogP contribution is 2.27. The highest BCUT2D eigenvalue weighted by Gasteiger charge is 2.31. The van der Waals surface area contributed by atoms with Crippen LogP contribution in [0.1, 0.15) is 51.4 Å². The zero-order valence-electron chi connectivity index (χ0n) is 11.3. The second-order valence-corrected chi connectivity index (χ2v) is 6.15. The minimum absolute atomic E-state index is 0.490. The first-order valence-electron chi connectivity index (χ1n) is 7.65. The van der Waals surface area contributed by atoms with Crippen LogP contribution in [0.5, 0.6) is 0 Å². The second-order valence-electron chi connectivity index (χ2n) is 6.15. The van der Waals surface area contributed by atoms with Crippen molar-refractivity contribution in [3.8, 4) is 0 Å². The second kappa shape index (κ2) is 5.47. The summed E-state index contributed by atoms with van der Waals surface area (Å²) in [6.07, 6.45) is 10.3. The Kier molecular flexibility index (Phi) is 3.73. The highest BCUT2D eigenvalue weighted by atomic mass is 15.2. The summed E-state index contributed by atoms with van der Waals surface area (Å²) in [5.74, 6) is 0.693. The van der Waals surface area contributed by atoms with Crippen LogP contribution in [0.2, 0.25) is 0 Å². The molecule has 1 saturated carbocycles. The van der Waals surface area contributed by atoms with Crippen LogP contribution in [-0.2, 0) is 0 Å². The van der Waals surface area contributed by atoms with Gasteiger partial charge in [-0.3, -0.25) is 4.99 Å². The molecule has 0 radical (unpaired) electrons. The van der Waals surface area contributed by atoms with Gasteiger partial charge in [-0.25, -0.2) is 0 Å². The van der Waals surface area contributed by atoms with E-state index in [1.165, 1.54) is 64.5 Å². The van der Waals surface area contributed by atoms with E-state index in [2.05, 4.69) is 15.2 Å². The van der Waals surface area contributed by atoms with Crippen molar-refractivity contribution < 1.29 is 0 Å².